The first-order valence-electron chi connectivity index (χ1n) is 10.2. The Morgan fingerprint density at radius 3 is 2.67 bits per heavy atom. The standard InChI is InChI=1S/C24H28N2O3S/c1-5-6-7-18-10-11-20-21(13-18)30-24(26(20)15-23(28)29-4)25-22(27)14-19-12-16(2)8-9-17(19)3/h8-13H,5-7,14-15H2,1-4H3. The van der Waals surface area contributed by atoms with Crippen LogP contribution in [0, 0.1) is 13.8 Å². The molecular formula is C24H28N2O3S. The molecule has 0 spiro atoms. The minimum absolute atomic E-state index is 0.0282. The lowest BCUT2D eigenvalue weighted by Crippen LogP contribution is -2.22. The number of benzene rings is 2. The van der Waals surface area contributed by atoms with E-state index in [0.717, 1.165) is 46.2 Å². The van der Waals surface area contributed by atoms with Crippen LogP contribution in [0.15, 0.2) is 41.4 Å². The lowest BCUT2D eigenvalue weighted by molar-refractivity contribution is -0.141. The minimum atomic E-state index is -0.367. The molecule has 0 bridgehead atoms. The second kappa shape index (κ2) is 9.85. The molecule has 5 nitrogen and oxygen atoms in total. The summed E-state index contributed by atoms with van der Waals surface area (Å²) in [5, 5.41) is 0. The molecule has 0 radical (unpaired) electrons. The number of ether oxygens (including phenoxy) is 1. The Hall–Kier alpha value is -2.73. The number of esters is 1. The summed E-state index contributed by atoms with van der Waals surface area (Å²) in [5.74, 6) is -0.590. The Balaban J connectivity index is 2.00. The number of rotatable bonds is 7. The van der Waals surface area contributed by atoms with Gasteiger partial charge in [0.05, 0.1) is 23.7 Å². The van der Waals surface area contributed by atoms with Crippen molar-refractivity contribution < 1.29 is 14.3 Å². The molecule has 0 atom stereocenters. The van der Waals surface area contributed by atoms with E-state index in [-0.39, 0.29) is 24.8 Å². The first-order chi connectivity index (χ1) is 14.4. The Labute approximate surface area is 181 Å². The summed E-state index contributed by atoms with van der Waals surface area (Å²) in [4.78, 5) is 29.6. The van der Waals surface area contributed by atoms with Crippen LogP contribution in [-0.2, 0) is 33.7 Å². The van der Waals surface area contributed by atoms with E-state index in [0.29, 0.717) is 4.80 Å². The van der Waals surface area contributed by atoms with E-state index >= 15 is 0 Å². The highest BCUT2D eigenvalue weighted by Crippen LogP contribution is 2.21. The van der Waals surface area contributed by atoms with Crippen LogP contribution in [0.4, 0.5) is 0 Å². The van der Waals surface area contributed by atoms with Gasteiger partial charge in [-0.25, -0.2) is 0 Å². The summed E-state index contributed by atoms with van der Waals surface area (Å²) in [6.45, 7) is 6.21. The van der Waals surface area contributed by atoms with Crippen LogP contribution in [0.25, 0.3) is 10.2 Å². The fourth-order valence-electron chi connectivity index (χ4n) is 3.39. The SMILES string of the molecule is CCCCc1ccc2c(c1)sc(=NC(=O)Cc1cc(C)ccc1C)n2CC(=O)OC. The number of amides is 1. The predicted octanol–water partition coefficient (Wildman–Crippen LogP) is 4.51. The van der Waals surface area contributed by atoms with Gasteiger partial charge >= 0.3 is 5.97 Å². The molecule has 0 N–H and O–H groups in total. The maximum Gasteiger partial charge on any atom is 0.325 e. The van der Waals surface area contributed by atoms with E-state index in [9.17, 15) is 9.59 Å². The van der Waals surface area contributed by atoms with Crippen LogP contribution >= 0.6 is 11.3 Å². The average molecular weight is 425 g/mol. The van der Waals surface area contributed by atoms with Crippen LogP contribution in [-0.4, -0.2) is 23.6 Å². The van der Waals surface area contributed by atoms with E-state index in [4.69, 9.17) is 4.74 Å². The zero-order valence-corrected chi connectivity index (χ0v) is 18.8. The van der Waals surface area contributed by atoms with Crippen LogP contribution in [0.2, 0.25) is 0 Å². The van der Waals surface area contributed by atoms with Gasteiger partial charge in [0.15, 0.2) is 4.80 Å². The van der Waals surface area contributed by atoms with Crippen LogP contribution in [0.3, 0.4) is 0 Å². The summed E-state index contributed by atoms with van der Waals surface area (Å²) in [7, 11) is 1.36. The number of aromatic nitrogens is 1. The summed E-state index contributed by atoms with van der Waals surface area (Å²) in [5.41, 5.74) is 5.31. The van der Waals surface area contributed by atoms with Crippen molar-refractivity contribution in [3.63, 3.8) is 0 Å². The van der Waals surface area contributed by atoms with Gasteiger partial charge in [0.1, 0.15) is 6.54 Å². The molecule has 1 aromatic heterocycles. The number of hydrogen-bond donors (Lipinski definition) is 0. The first-order valence-corrected chi connectivity index (χ1v) is 11.1. The molecule has 3 aromatic rings. The van der Waals surface area contributed by atoms with Crippen molar-refractivity contribution >= 4 is 33.4 Å². The second-order valence-corrected chi connectivity index (χ2v) is 8.57. The van der Waals surface area contributed by atoms with Gasteiger partial charge in [-0.1, -0.05) is 54.5 Å². The molecule has 3 rings (SSSR count). The van der Waals surface area contributed by atoms with Crippen molar-refractivity contribution in [2.24, 2.45) is 4.99 Å². The lowest BCUT2D eigenvalue weighted by Gasteiger charge is -2.06. The van der Waals surface area contributed by atoms with Crippen molar-refractivity contribution in [1.82, 2.24) is 4.57 Å². The summed E-state index contributed by atoms with van der Waals surface area (Å²) < 4.78 is 7.65. The molecule has 0 aliphatic heterocycles. The molecule has 0 unspecified atom stereocenters. The minimum Gasteiger partial charge on any atom is -0.468 e. The molecule has 6 heteroatoms. The first kappa shape index (κ1) is 22.0. The highest BCUT2D eigenvalue weighted by Gasteiger charge is 2.13. The van der Waals surface area contributed by atoms with Crippen LogP contribution in [0.1, 0.15) is 42.0 Å². The van der Waals surface area contributed by atoms with Crippen molar-refractivity contribution in [1.29, 1.82) is 0 Å². The van der Waals surface area contributed by atoms with Gasteiger partial charge in [-0.2, -0.15) is 4.99 Å². The maximum atomic E-state index is 12.7. The number of thiazole rings is 1. The molecule has 0 aliphatic rings. The highest BCUT2D eigenvalue weighted by molar-refractivity contribution is 7.16. The van der Waals surface area contributed by atoms with Crippen molar-refractivity contribution in [3.8, 4) is 0 Å². The molecule has 1 amide bonds. The molecule has 2 aromatic carbocycles. The van der Waals surface area contributed by atoms with Crippen molar-refractivity contribution in [2.75, 3.05) is 7.11 Å². The van der Waals surface area contributed by atoms with E-state index in [1.54, 1.807) is 4.57 Å². The topological polar surface area (TPSA) is 60.7 Å². The van der Waals surface area contributed by atoms with Gasteiger partial charge in [0, 0.05) is 0 Å². The quantitative estimate of drug-likeness (QED) is 0.525. The zero-order chi connectivity index (χ0) is 21.7. The van der Waals surface area contributed by atoms with Crippen LogP contribution < -0.4 is 4.80 Å². The fraction of sp³-hybridized carbons (Fsp3) is 0.375. The molecule has 30 heavy (non-hydrogen) atoms. The van der Waals surface area contributed by atoms with Gasteiger partial charge in [0.25, 0.3) is 5.91 Å². The summed E-state index contributed by atoms with van der Waals surface area (Å²) in [6.07, 6.45) is 3.52. The normalized spacial score (nSPS) is 11.8. The third-order valence-electron chi connectivity index (χ3n) is 5.15. The molecule has 0 saturated heterocycles. The van der Waals surface area contributed by atoms with Gasteiger partial charge < -0.3 is 9.30 Å². The number of carbonyl (C=O) groups excluding carboxylic acids is 2. The summed E-state index contributed by atoms with van der Waals surface area (Å²) >= 11 is 1.44. The van der Waals surface area contributed by atoms with E-state index in [2.05, 4.69) is 24.0 Å². The Bertz CT molecular complexity index is 1140. The maximum absolute atomic E-state index is 12.7. The van der Waals surface area contributed by atoms with E-state index < -0.39 is 0 Å². The molecule has 1 heterocycles. The fourth-order valence-corrected chi connectivity index (χ4v) is 4.50. The Morgan fingerprint density at radius 1 is 1.13 bits per heavy atom. The number of methoxy groups -OCH3 is 1. The average Bonchev–Trinajstić information content (AvgIpc) is 3.05. The molecule has 0 aliphatic carbocycles. The van der Waals surface area contributed by atoms with Gasteiger partial charge in [0.2, 0.25) is 0 Å². The number of carbonyl (C=O) groups is 2. The molecular weight excluding hydrogens is 396 g/mol. The smallest absolute Gasteiger partial charge is 0.325 e. The monoisotopic (exact) mass is 424 g/mol. The van der Waals surface area contributed by atoms with E-state index in [1.807, 2.05) is 38.1 Å². The lowest BCUT2D eigenvalue weighted by atomic mass is 10.0. The van der Waals surface area contributed by atoms with Gasteiger partial charge in [-0.15, -0.1) is 0 Å². The zero-order valence-electron chi connectivity index (χ0n) is 18.0. The third-order valence-corrected chi connectivity index (χ3v) is 6.19. The predicted molar refractivity (Wildman–Crippen MR) is 121 cm³/mol. The number of aryl methyl sites for hydroxylation is 3. The number of fused-ring (bicyclic) bond motifs is 1. The third kappa shape index (κ3) is 5.25. The number of hydrogen-bond acceptors (Lipinski definition) is 4. The number of nitrogens with zero attached hydrogens (tertiary/aromatic N) is 2. The van der Waals surface area contributed by atoms with Gasteiger partial charge in [-0.05, 0) is 55.5 Å². The largest absolute Gasteiger partial charge is 0.468 e. The second-order valence-electron chi connectivity index (χ2n) is 7.56. The highest BCUT2D eigenvalue weighted by atomic mass is 32.1. The van der Waals surface area contributed by atoms with Crippen molar-refractivity contribution in [2.45, 2.75) is 53.0 Å². The Kier molecular flexibility index (Phi) is 7.21. The van der Waals surface area contributed by atoms with E-state index in [1.165, 1.54) is 24.0 Å². The van der Waals surface area contributed by atoms with Gasteiger partial charge in [-0.3, -0.25) is 9.59 Å². The molecule has 0 fully saturated rings. The number of unbranched alkanes of at least 4 members (excludes halogenated alkanes) is 1. The molecule has 158 valence electrons. The Morgan fingerprint density at radius 2 is 1.93 bits per heavy atom. The van der Waals surface area contributed by atoms with Crippen LogP contribution in [0.5, 0.6) is 0 Å². The van der Waals surface area contributed by atoms with Crippen molar-refractivity contribution in [3.05, 3.63) is 63.5 Å². The molecule has 0 saturated carbocycles. The summed E-state index contributed by atoms with van der Waals surface area (Å²) in [6, 6.07) is 12.3.